The Balaban J connectivity index is 0.783. The molecule has 1 N–H and O–H groups in total. The number of nitrogens with zero attached hydrogens (tertiary/aromatic N) is 8. The molecule has 23 aromatic rings. The first kappa shape index (κ1) is 76.9. The average Bonchev–Trinajstić information content (AvgIpc) is 1.60. The molecule has 0 saturated carbocycles. The summed E-state index contributed by atoms with van der Waals surface area (Å²) in [4.78, 5) is 13.5. The van der Waals surface area contributed by atoms with E-state index in [1.807, 2.05) is 22.7 Å². The lowest BCUT2D eigenvalue weighted by Gasteiger charge is -2.48. The van der Waals surface area contributed by atoms with Crippen LogP contribution in [0.5, 0.6) is 0 Å². The molecule has 0 spiro atoms. The highest BCUT2D eigenvalue weighted by atomic mass is 32.1. The lowest BCUT2D eigenvalue weighted by molar-refractivity contribution is 1.14. The van der Waals surface area contributed by atoms with Crippen molar-refractivity contribution < 1.29 is 0 Å². The first-order chi connectivity index (χ1) is 66.2. The summed E-state index contributed by atoms with van der Waals surface area (Å²) >= 11 is 3.93. The van der Waals surface area contributed by atoms with Crippen LogP contribution in [0.3, 0.4) is 0 Å². The van der Waals surface area contributed by atoms with Crippen LogP contribution in [0.4, 0.5) is 96.7 Å². The lowest BCUT2D eigenvalue weighted by Crippen LogP contribution is -2.66. The maximum absolute atomic E-state index is 4.49. The zero-order valence-electron chi connectivity index (χ0n) is 76.1. The zero-order chi connectivity index (χ0) is 89.7. The van der Waals surface area contributed by atoms with Crippen LogP contribution in [0.1, 0.15) is 50.1 Å². The molecule has 14 heteroatoms. The Hall–Kier alpha value is -15.7. The molecule has 11 heterocycles. The summed E-state index contributed by atoms with van der Waals surface area (Å²) in [6.45, 7) is 20.1. The number of rotatable bonds is 8. The average molecular weight is 1760 g/mol. The van der Waals surface area contributed by atoms with Crippen LogP contribution in [-0.2, 0) is 0 Å². The van der Waals surface area contributed by atoms with Gasteiger partial charge in [-0.15, -0.1) is 22.7 Å². The fourth-order valence-corrected chi connectivity index (χ4v) is 28.3. The second kappa shape index (κ2) is 28.2. The number of aryl methyl sites for hydroxylation is 9. The van der Waals surface area contributed by atoms with E-state index in [1.54, 1.807) is 0 Å². The van der Waals surface area contributed by atoms with Crippen molar-refractivity contribution in [1.82, 2.24) is 13.7 Å². The van der Waals surface area contributed by atoms with E-state index < -0.39 is 0 Å². The van der Waals surface area contributed by atoms with Gasteiger partial charge in [-0.1, -0.05) is 247 Å². The fourth-order valence-electron chi connectivity index (χ4n) is 25.7. The number of hydrogen-bond acceptors (Lipinski definition) is 8. The Bertz CT molecular complexity index is 9020. The Morgan fingerprint density at radius 2 is 0.489 bits per heavy atom. The summed E-state index contributed by atoms with van der Waals surface area (Å²) < 4.78 is 12.8. The quantitative estimate of drug-likeness (QED) is 0.153. The van der Waals surface area contributed by atoms with Gasteiger partial charge in [0.05, 0.1) is 78.6 Å². The number of fused-ring (bicyclic) bond motifs is 25. The van der Waals surface area contributed by atoms with Gasteiger partial charge in [0.25, 0.3) is 20.1 Å². The third-order valence-electron chi connectivity index (χ3n) is 30.3. The molecule has 0 amide bonds. The molecule has 6 aliphatic rings. The number of aromatic nitrogens is 3. The molecule has 0 aliphatic carbocycles. The van der Waals surface area contributed by atoms with E-state index in [-0.39, 0.29) is 20.1 Å². The van der Waals surface area contributed by atoms with Crippen LogP contribution >= 0.6 is 22.7 Å². The number of anilines is 17. The van der Waals surface area contributed by atoms with Gasteiger partial charge in [0.2, 0.25) is 0 Å². The van der Waals surface area contributed by atoms with Crippen molar-refractivity contribution in [2.24, 2.45) is 0 Å². The molecular weight excluding hydrogens is 1680 g/mol. The van der Waals surface area contributed by atoms with Gasteiger partial charge in [-0.3, -0.25) is 0 Å². The van der Waals surface area contributed by atoms with Gasteiger partial charge in [0.1, 0.15) is 0 Å². The first-order valence-electron chi connectivity index (χ1n) is 47.2. The van der Waals surface area contributed by atoms with Gasteiger partial charge in [0, 0.05) is 130 Å². The summed E-state index contributed by atoms with van der Waals surface area (Å²) in [6, 6.07) is 136. The zero-order valence-corrected chi connectivity index (χ0v) is 77.7. The predicted octanol–water partition coefficient (Wildman–Crippen LogP) is 26.7. The summed E-state index contributed by atoms with van der Waals surface area (Å²) in [6.07, 6.45) is 0. The summed E-state index contributed by atoms with van der Waals surface area (Å²) in [5, 5.41) is 14.3. The third-order valence-corrected chi connectivity index (χ3v) is 32.8. The van der Waals surface area contributed by atoms with E-state index in [1.165, 1.54) is 190 Å². The Morgan fingerprint density at radius 3 is 0.859 bits per heavy atom. The summed E-state index contributed by atoms with van der Waals surface area (Å²) in [5.41, 5.74) is 49.6. The van der Waals surface area contributed by atoms with Crippen molar-refractivity contribution in [2.75, 3.05) is 29.8 Å². The molecule has 0 fully saturated rings. The SMILES string of the molecule is Cc1cc(C)c(N2c3cc4c(cc3B3c5cc6c(cc5N(c5c(C)cc(C)cc5C)c5cc(-n7c8ccccc8c8ccccc87)cc2c53)N(c2c(C)cc(C)cc2C)c2cc(-n3c5ccccc5c5ccccc53)cc3c2B6c2sc5ccccc5c2N3c2ccccc2)B2c3sc5ccccc5c3N(c3ccccc3)c3cc(-n5c6ccccc6c6ccccc65)cc(c32)N4)c(C)c1. The summed E-state index contributed by atoms with van der Waals surface area (Å²) in [5.74, 6) is 0. The van der Waals surface area contributed by atoms with Crippen LogP contribution in [0.15, 0.2) is 352 Å². The molecule has 18 aromatic carbocycles. The minimum atomic E-state index is -0.376. The Morgan fingerprint density at radius 1 is 0.207 bits per heavy atom. The summed E-state index contributed by atoms with van der Waals surface area (Å²) in [7, 11) is 0. The van der Waals surface area contributed by atoms with Crippen LogP contribution in [-0.4, -0.2) is 33.8 Å². The van der Waals surface area contributed by atoms with Crippen molar-refractivity contribution in [3.8, 4) is 17.1 Å². The van der Waals surface area contributed by atoms with E-state index in [9.17, 15) is 0 Å². The van der Waals surface area contributed by atoms with E-state index in [4.69, 9.17) is 0 Å². The highest BCUT2D eigenvalue weighted by molar-refractivity contribution is 7.34. The number of benzene rings is 18. The van der Waals surface area contributed by atoms with Crippen LogP contribution in [0.2, 0.25) is 0 Å². The highest BCUT2D eigenvalue weighted by Crippen LogP contribution is 2.57. The lowest BCUT2D eigenvalue weighted by atomic mass is 9.30. The molecule has 29 rings (SSSR count). The molecule has 0 radical (unpaired) electrons. The molecule has 9 nitrogen and oxygen atoms in total. The monoisotopic (exact) mass is 1760 g/mol. The second-order valence-electron chi connectivity index (χ2n) is 38.4. The van der Waals surface area contributed by atoms with E-state index >= 15 is 0 Å². The van der Waals surface area contributed by atoms with Crippen LogP contribution in [0, 0.1) is 62.3 Å². The standard InChI is InChI=1S/C121H86B3N9S2/c1-68-52-71(4)115(72(5)53-68)131-102-66-94-90(123-112-95(125-94)58-79(126-96-44-24-16-36-82(96)83-37-17-25-45-97(83)126)59-105(112)129(77-32-12-10-13-33-77)118-88-42-22-30-50-110(88)134-120(118)123)64-91(102)122-92-65-93-104(67-103(92)132(116-73(6)54-69(2)55-74(116)7)108-62-81(61-107(131)113(108)122)128-100-48-28-20-40-86(100)87-41-21-29-49-101(87)128)133(117-75(8)56-70(3)57-76(117)9)109-63-80(127-98-46-26-18-38-84(98)85-39-19-27-47-99(85)127)60-106-114(109)124(93)121-119(89-43-23-31-51-111(89)135-121)130(106)78-34-14-11-15-35-78/h10-67,125H,1-9H3. The minimum Gasteiger partial charge on any atom is -0.356 e. The Kier molecular flexibility index (Phi) is 16.1. The van der Waals surface area contributed by atoms with E-state index in [0.29, 0.717) is 0 Å². The second-order valence-corrected chi connectivity index (χ2v) is 40.6. The van der Waals surface area contributed by atoms with Gasteiger partial charge in [-0.05, 0) is 255 Å². The van der Waals surface area contributed by atoms with Crippen LogP contribution < -0.4 is 77.6 Å². The normalized spacial score (nSPS) is 13.6. The van der Waals surface area contributed by atoms with Gasteiger partial charge < -0.3 is 43.5 Å². The molecule has 6 aliphatic heterocycles. The smallest absolute Gasteiger partial charge is 0.264 e. The number of thiophene rings is 2. The molecule has 0 unspecified atom stereocenters. The van der Waals surface area contributed by atoms with Crippen molar-refractivity contribution in [3.63, 3.8) is 0 Å². The molecule has 0 bridgehead atoms. The highest BCUT2D eigenvalue weighted by Gasteiger charge is 2.53. The molecule has 135 heavy (non-hydrogen) atoms. The molecular formula is C121H86B3N9S2. The topological polar surface area (TPSA) is 43.0 Å². The van der Waals surface area contributed by atoms with Gasteiger partial charge >= 0.3 is 0 Å². The third kappa shape index (κ3) is 10.6. The van der Waals surface area contributed by atoms with E-state index in [0.717, 1.165) is 107 Å². The van der Waals surface area contributed by atoms with Crippen LogP contribution in [0.25, 0.3) is 103 Å². The van der Waals surface area contributed by atoms with Crippen molar-refractivity contribution >= 4 is 273 Å². The fraction of sp³-hybridized carbons (Fsp3) is 0.0744. The molecule has 0 saturated heterocycles. The molecule has 5 aromatic heterocycles. The van der Waals surface area contributed by atoms with Crippen molar-refractivity contribution in [1.29, 1.82) is 0 Å². The van der Waals surface area contributed by atoms with Gasteiger partial charge in [-0.2, -0.15) is 0 Å². The van der Waals surface area contributed by atoms with Gasteiger partial charge in [-0.25, -0.2) is 0 Å². The Labute approximate surface area is 791 Å². The van der Waals surface area contributed by atoms with Crippen molar-refractivity contribution in [3.05, 3.63) is 402 Å². The van der Waals surface area contributed by atoms with Gasteiger partial charge in [0.15, 0.2) is 0 Å². The van der Waals surface area contributed by atoms with E-state index in [2.05, 4.69) is 458 Å². The maximum Gasteiger partial charge on any atom is 0.264 e. The molecule has 0 atom stereocenters. The number of nitrogens with one attached hydrogen (secondary N) is 1. The maximum atomic E-state index is 4.49. The number of hydrogen-bond donors (Lipinski definition) is 1. The minimum absolute atomic E-state index is 0.218. The van der Waals surface area contributed by atoms with Crippen molar-refractivity contribution in [2.45, 2.75) is 62.3 Å². The molecule has 636 valence electrons. The predicted molar refractivity (Wildman–Crippen MR) is 580 cm³/mol. The number of para-hydroxylation sites is 8. The largest absolute Gasteiger partial charge is 0.356 e. The first-order valence-corrected chi connectivity index (χ1v) is 48.8.